The van der Waals surface area contributed by atoms with Gasteiger partial charge in [-0.05, 0) is 12.1 Å². The first-order chi connectivity index (χ1) is 19.6. The first-order valence-electron chi connectivity index (χ1n) is 11.2. The summed E-state index contributed by atoms with van der Waals surface area (Å²) in [6.07, 6.45) is 30.5. The molecule has 6 heterocycles. The number of benzene rings is 1. The van der Waals surface area contributed by atoms with E-state index in [2.05, 4.69) is 59.8 Å². The maximum absolute atomic E-state index is 10.4. The number of hydrogen-bond donors (Lipinski definition) is 7. The molecule has 0 atom stereocenters. The van der Waals surface area contributed by atoms with Gasteiger partial charge in [0.2, 0.25) is 0 Å². The van der Waals surface area contributed by atoms with E-state index in [0.29, 0.717) is 0 Å². The zero-order chi connectivity index (χ0) is 28.8. The van der Waals surface area contributed by atoms with Gasteiger partial charge in [0, 0.05) is 74.4 Å². The standard InChI is InChI=1S/C6H6O3S.6C3H4N2/c7-10(8,9)6-4-2-1-3-5-6;6*1-2-5-3-4-1/h1-5H,(H,7,8,9);6*1-3H,(H,4,5). The van der Waals surface area contributed by atoms with Gasteiger partial charge in [-0.25, -0.2) is 29.9 Å². The monoisotopic (exact) mass is 566 g/mol. The van der Waals surface area contributed by atoms with E-state index in [-0.39, 0.29) is 4.90 Å². The molecule has 0 saturated carbocycles. The summed E-state index contributed by atoms with van der Waals surface area (Å²) >= 11 is 0. The molecular formula is C24H30N12O3S. The molecule has 0 fully saturated rings. The average molecular weight is 567 g/mol. The van der Waals surface area contributed by atoms with E-state index in [9.17, 15) is 8.42 Å². The van der Waals surface area contributed by atoms with Crippen molar-refractivity contribution in [3.8, 4) is 0 Å². The Morgan fingerprint density at radius 1 is 0.450 bits per heavy atom. The molecule has 0 saturated heterocycles. The maximum atomic E-state index is 10.4. The van der Waals surface area contributed by atoms with Crippen molar-refractivity contribution < 1.29 is 13.0 Å². The van der Waals surface area contributed by atoms with Gasteiger partial charge in [0.15, 0.2) is 0 Å². The molecule has 6 aromatic heterocycles. The van der Waals surface area contributed by atoms with Crippen LogP contribution in [0, 0.1) is 0 Å². The van der Waals surface area contributed by atoms with Gasteiger partial charge >= 0.3 is 0 Å². The fraction of sp³-hybridized carbons (Fsp3) is 0. The van der Waals surface area contributed by atoms with E-state index in [1.807, 2.05) is 0 Å². The fourth-order valence-electron chi connectivity index (χ4n) is 1.88. The Hall–Kier alpha value is -5.61. The molecule has 40 heavy (non-hydrogen) atoms. The van der Waals surface area contributed by atoms with Crippen LogP contribution in [0.25, 0.3) is 0 Å². The normalized spacial score (nSPS) is 8.82. The number of aromatic amines is 6. The van der Waals surface area contributed by atoms with Gasteiger partial charge in [0.05, 0.1) is 42.9 Å². The summed E-state index contributed by atoms with van der Waals surface area (Å²) in [4.78, 5) is 38.4. The van der Waals surface area contributed by atoms with Gasteiger partial charge in [0.1, 0.15) is 0 Å². The fourth-order valence-corrected chi connectivity index (χ4v) is 2.38. The van der Waals surface area contributed by atoms with Crippen LogP contribution >= 0.6 is 0 Å². The molecule has 0 unspecified atom stereocenters. The third kappa shape index (κ3) is 21.7. The zero-order valence-electron chi connectivity index (χ0n) is 21.1. The van der Waals surface area contributed by atoms with Crippen LogP contribution < -0.4 is 0 Å². The summed E-state index contributed by atoms with van der Waals surface area (Å²) in [5.41, 5.74) is 0. The van der Waals surface area contributed by atoms with Crippen molar-refractivity contribution in [3.63, 3.8) is 0 Å². The molecule has 7 N–H and O–H groups in total. The lowest BCUT2D eigenvalue weighted by molar-refractivity contribution is 0.483. The van der Waals surface area contributed by atoms with Crippen molar-refractivity contribution in [1.82, 2.24) is 59.8 Å². The summed E-state index contributed by atoms with van der Waals surface area (Å²) in [6, 6.07) is 7.42. The molecule has 1 aromatic carbocycles. The highest BCUT2D eigenvalue weighted by molar-refractivity contribution is 7.85. The Bertz CT molecular complexity index is 1080. The summed E-state index contributed by atoms with van der Waals surface area (Å²) in [6.45, 7) is 0. The van der Waals surface area contributed by atoms with E-state index < -0.39 is 10.1 Å². The largest absolute Gasteiger partial charge is 0.351 e. The number of rotatable bonds is 1. The molecule has 0 radical (unpaired) electrons. The Kier molecular flexibility index (Phi) is 19.3. The number of nitrogens with one attached hydrogen (secondary N) is 6. The van der Waals surface area contributed by atoms with Crippen LogP contribution in [-0.2, 0) is 10.1 Å². The topological polar surface area (TPSA) is 226 Å². The molecule has 7 rings (SSSR count). The lowest BCUT2D eigenvalue weighted by Crippen LogP contribution is -1.96. The Balaban J connectivity index is 0.000000238. The summed E-state index contributed by atoms with van der Waals surface area (Å²) in [5, 5.41) is 0. The molecule has 0 aliphatic rings. The van der Waals surface area contributed by atoms with Crippen molar-refractivity contribution in [3.05, 3.63) is 143 Å². The van der Waals surface area contributed by atoms with Crippen LogP contribution in [0.1, 0.15) is 0 Å². The predicted molar refractivity (Wildman–Crippen MR) is 148 cm³/mol. The Morgan fingerprint density at radius 2 is 0.700 bits per heavy atom. The van der Waals surface area contributed by atoms with Gasteiger partial charge in [-0.2, -0.15) is 8.42 Å². The second-order valence-corrected chi connectivity index (χ2v) is 7.77. The van der Waals surface area contributed by atoms with Crippen LogP contribution in [0.4, 0.5) is 0 Å². The highest BCUT2D eigenvalue weighted by atomic mass is 32.2. The lowest BCUT2D eigenvalue weighted by atomic mass is 10.4. The molecule has 210 valence electrons. The average Bonchev–Trinajstić information content (AvgIpc) is 3.86. The molecule has 0 amide bonds. The predicted octanol–water partition coefficient (Wildman–Crippen LogP) is 3.39. The Morgan fingerprint density at radius 3 is 0.800 bits per heavy atom. The van der Waals surface area contributed by atoms with Gasteiger partial charge in [0.25, 0.3) is 10.1 Å². The quantitative estimate of drug-likeness (QED) is 0.144. The summed E-state index contributed by atoms with van der Waals surface area (Å²) in [7, 11) is -4.00. The van der Waals surface area contributed by atoms with Gasteiger partial charge in [-0.3, -0.25) is 4.55 Å². The van der Waals surface area contributed by atoms with Crippen molar-refractivity contribution in [1.29, 1.82) is 0 Å². The number of hydrogen-bond acceptors (Lipinski definition) is 8. The molecule has 7 aromatic rings. The molecule has 0 aliphatic carbocycles. The van der Waals surface area contributed by atoms with E-state index in [4.69, 9.17) is 4.55 Å². The molecule has 0 aliphatic heterocycles. The smallest absolute Gasteiger partial charge is 0.294 e. The van der Waals surface area contributed by atoms with Crippen molar-refractivity contribution in [2.24, 2.45) is 0 Å². The third-order valence-corrected chi connectivity index (χ3v) is 4.34. The van der Waals surface area contributed by atoms with Crippen molar-refractivity contribution >= 4 is 10.1 Å². The van der Waals surface area contributed by atoms with E-state index in [0.717, 1.165) is 0 Å². The molecule has 0 bridgehead atoms. The minimum Gasteiger partial charge on any atom is -0.351 e. The SMILES string of the molecule is O=S(=O)(O)c1ccccc1.c1c[nH]cn1.c1c[nH]cn1.c1c[nH]cn1.c1c[nH]cn1.c1c[nH]cn1.c1c[nH]cn1. The third-order valence-electron chi connectivity index (χ3n) is 3.48. The number of nitrogens with zero attached hydrogens (tertiary/aromatic N) is 6. The van der Waals surface area contributed by atoms with Gasteiger partial charge in [-0.15, -0.1) is 0 Å². The molecule has 15 nitrogen and oxygen atoms in total. The van der Waals surface area contributed by atoms with Crippen molar-refractivity contribution in [2.45, 2.75) is 4.90 Å². The first-order valence-corrected chi connectivity index (χ1v) is 12.6. The minimum atomic E-state index is -4.00. The second kappa shape index (κ2) is 23.8. The van der Waals surface area contributed by atoms with Crippen LogP contribution in [0.15, 0.2) is 148 Å². The molecule has 0 spiro atoms. The maximum Gasteiger partial charge on any atom is 0.294 e. The van der Waals surface area contributed by atoms with Crippen LogP contribution in [-0.4, -0.2) is 72.8 Å². The van der Waals surface area contributed by atoms with Crippen molar-refractivity contribution in [2.75, 3.05) is 0 Å². The van der Waals surface area contributed by atoms with Crippen LogP contribution in [0.3, 0.4) is 0 Å². The van der Waals surface area contributed by atoms with Gasteiger partial charge < -0.3 is 29.9 Å². The zero-order valence-corrected chi connectivity index (χ0v) is 22.0. The number of aromatic nitrogens is 12. The first kappa shape index (κ1) is 32.4. The lowest BCUT2D eigenvalue weighted by Gasteiger charge is -1.92. The van der Waals surface area contributed by atoms with Crippen LogP contribution in [0.5, 0.6) is 0 Å². The van der Waals surface area contributed by atoms with E-state index in [1.165, 1.54) is 12.1 Å². The van der Waals surface area contributed by atoms with Crippen LogP contribution in [0.2, 0.25) is 0 Å². The Labute approximate surface area is 230 Å². The molecule has 16 heteroatoms. The molecular weight excluding hydrogens is 536 g/mol. The number of H-pyrrole nitrogens is 6. The highest BCUT2D eigenvalue weighted by Crippen LogP contribution is 2.05. The number of imidazole rings is 6. The van der Waals surface area contributed by atoms with Gasteiger partial charge in [-0.1, -0.05) is 18.2 Å². The summed E-state index contributed by atoms with van der Waals surface area (Å²) in [5.74, 6) is 0. The minimum absolute atomic E-state index is 0.0741. The second-order valence-electron chi connectivity index (χ2n) is 6.35. The summed E-state index contributed by atoms with van der Waals surface area (Å²) < 4.78 is 29.2. The highest BCUT2D eigenvalue weighted by Gasteiger charge is 2.05. The van der Waals surface area contributed by atoms with E-state index >= 15 is 0 Å². The van der Waals surface area contributed by atoms with E-state index in [1.54, 1.807) is 131 Å².